The topological polar surface area (TPSA) is 20.2 Å². The molecule has 0 aromatic heterocycles. The van der Waals surface area contributed by atoms with Crippen molar-refractivity contribution in [2.45, 2.75) is 44.6 Å². The van der Waals surface area contributed by atoms with Gasteiger partial charge in [-0.25, -0.2) is 0 Å². The van der Waals surface area contributed by atoms with Gasteiger partial charge in [-0.05, 0) is 67.6 Å². The second kappa shape index (κ2) is 3.35. The van der Waals surface area contributed by atoms with Crippen molar-refractivity contribution in [2.75, 3.05) is 0 Å². The molecule has 3 saturated carbocycles. The van der Waals surface area contributed by atoms with Gasteiger partial charge in [0, 0.05) is 0 Å². The van der Waals surface area contributed by atoms with Crippen molar-refractivity contribution >= 4 is 0 Å². The van der Waals surface area contributed by atoms with E-state index in [-0.39, 0.29) is 6.10 Å². The van der Waals surface area contributed by atoms with E-state index in [0.717, 1.165) is 23.7 Å². The average Bonchev–Trinajstić information content (AvgIpc) is 3.06. The molecule has 0 amide bonds. The van der Waals surface area contributed by atoms with E-state index >= 15 is 0 Å². The molecule has 88 valence electrons. The van der Waals surface area contributed by atoms with Gasteiger partial charge in [0.2, 0.25) is 0 Å². The van der Waals surface area contributed by atoms with Gasteiger partial charge >= 0.3 is 0 Å². The van der Waals surface area contributed by atoms with Crippen LogP contribution in [0, 0.1) is 35.5 Å². The molecule has 4 bridgehead atoms. The highest BCUT2D eigenvalue weighted by molar-refractivity contribution is 5.12. The number of hydrogen-bond acceptors (Lipinski definition) is 1. The number of fused-ring (bicyclic) bond motifs is 4. The van der Waals surface area contributed by atoms with E-state index in [9.17, 15) is 5.11 Å². The van der Waals surface area contributed by atoms with E-state index in [1.54, 1.807) is 0 Å². The summed E-state index contributed by atoms with van der Waals surface area (Å²) >= 11 is 0. The van der Waals surface area contributed by atoms with Gasteiger partial charge in [0.05, 0.1) is 6.10 Å². The lowest BCUT2D eigenvalue weighted by Crippen LogP contribution is -2.34. The Hall–Kier alpha value is -0.300. The summed E-state index contributed by atoms with van der Waals surface area (Å²) in [6, 6.07) is 0. The van der Waals surface area contributed by atoms with E-state index < -0.39 is 0 Å². The fraction of sp³-hybridized carbons (Fsp3) is 0.867. The highest BCUT2D eigenvalue weighted by Gasteiger charge is 2.48. The Labute approximate surface area is 97.9 Å². The van der Waals surface area contributed by atoms with Crippen molar-refractivity contribution in [3.05, 3.63) is 12.2 Å². The second-order valence-corrected chi connectivity index (χ2v) is 6.77. The first-order valence-electron chi connectivity index (χ1n) is 7.17. The molecular weight excluding hydrogens is 196 g/mol. The number of aliphatic hydroxyl groups is 1. The van der Waals surface area contributed by atoms with Gasteiger partial charge < -0.3 is 5.11 Å². The zero-order valence-electron chi connectivity index (χ0n) is 9.89. The summed E-state index contributed by atoms with van der Waals surface area (Å²) in [6.07, 6.45) is 13.0. The molecule has 0 radical (unpaired) electrons. The lowest BCUT2D eigenvalue weighted by atomic mass is 9.76. The van der Waals surface area contributed by atoms with Crippen LogP contribution in [0.3, 0.4) is 0 Å². The molecule has 4 aliphatic rings. The summed E-state index contributed by atoms with van der Waals surface area (Å²) in [4.78, 5) is 0. The third-order valence-corrected chi connectivity index (χ3v) is 6.00. The predicted molar refractivity (Wildman–Crippen MR) is 63.8 cm³/mol. The number of rotatable bonds is 2. The molecule has 16 heavy (non-hydrogen) atoms. The summed E-state index contributed by atoms with van der Waals surface area (Å²) < 4.78 is 0. The summed E-state index contributed by atoms with van der Waals surface area (Å²) in [6.45, 7) is 0. The standard InChI is InChI=1S/C15H22O/c16-15(13-7-9-1-3-11(13)5-9)14-8-10-2-4-12(14)6-10/h1,3,9-16H,2,4-8H2. The first kappa shape index (κ1) is 9.70. The summed E-state index contributed by atoms with van der Waals surface area (Å²) in [5, 5.41) is 10.7. The maximum absolute atomic E-state index is 10.7. The first-order chi connectivity index (χ1) is 7.81. The number of aliphatic hydroxyl groups excluding tert-OH is 1. The van der Waals surface area contributed by atoms with Gasteiger partial charge in [-0.2, -0.15) is 0 Å². The molecule has 7 unspecified atom stereocenters. The Morgan fingerprint density at radius 2 is 1.88 bits per heavy atom. The van der Waals surface area contributed by atoms with Crippen molar-refractivity contribution < 1.29 is 5.11 Å². The zero-order valence-corrected chi connectivity index (χ0v) is 9.89. The van der Waals surface area contributed by atoms with Crippen LogP contribution in [0.15, 0.2) is 12.2 Å². The third kappa shape index (κ3) is 1.27. The molecule has 0 spiro atoms. The molecule has 0 aliphatic heterocycles. The van der Waals surface area contributed by atoms with Crippen LogP contribution in [0.2, 0.25) is 0 Å². The van der Waals surface area contributed by atoms with E-state index in [1.807, 2.05) is 0 Å². The van der Waals surface area contributed by atoms with Gasteiger partial charge in [-0.15, -0.1) is 0 Å². The zero-order chi connectivity index (χ0) is 10.7. The van der Waals surface area contributed by atoms with Gasteiger partial charge in [0.15, 0.2) is 0 Å². The minimum Gasteiger partial charge on any atom is -0.393 e. The maximum atomic E-state index is 10.7. The van der Waals surface area contributed by atoms with Crippen LogP contribution in [-0.4, -0.2) is 11.2 Å². The van der Waals surface area contributed by atoms with Crippen molar-refractivity contribution in [1.82, 2.24) is 0 Å². The lowest BCUT2D eigenvalue weighted by molar-refractivity contribution is 0.0155. The van der Waals surface area contributed by atoms with Crippen molar-refractivity contribution in [3.63, 3.8) is 0 Å². The van der Waals surface area contributed by atoms with Crippen LogP contribution in [0.5, 0.6) is 0 Å². The number of hydrogen-bond donors (Lipinski definition) is 1. The molecule has 0 saturated heterocycles. The highest BCUT2D eigenvalue weighted by Crippen LogP contribution is 2.54. The Kier molecular flexibility index (Phi) is 2.03. The minimum absolute atomic E-state index is 0.0234. The Bertz CT molecular complexity index is 321. The molecule has 0 aromatic carbocycles. The summed E-state index contributed by atoms with van der Waals surface area (Å²) in [7, 11) is 0. The normalized spacial score (nSPS) is 55.1. The smallest absolute Gasteiger partial charge is 0.0605 e. The molecule has 0 aromatic rings. The molecule has 3 fully saturated rings. The SMILES string of the molecule is OC(C1CC2C=CC1C2)C1CC2CCC1C2. The summed E-state index contributed by atoms with van der Waals surface area (Å²) in [5.41, 5.74) is 0. The molecule has 0 heterocycles. The molecule has 4 aliphatic carbocycles. The fourth-order valence-corrected chi connectivity index (χ4v) is 5.25. The van der Waals surface area contributed by atoms with Gasteiger partial charge in [0.1, 0.15) is 0 Å². The molecule has 1 N–H and O–H groups in total. The van der Waals surface area contributed by atoms with Crippen LogP contribution in [0.1, 0.15) is 38.5 Å². The van der Waals surface area contributed by atoms with Crippen LogP contribution < -0.4 is 0 Å². The van der Waals surface area contributed by atoms with Crippen molar-refractivity contribution in [1.29, 1.82) is 0 Å². The monoisotopic (exact) mass is 218 g/mol. The highest BCUT2D eigenvalue weighted by atomic mass is 16.3. The molecule has 1 heteroatoms. The maximum Gasteiger partial charge on any atom is 0.0605 e. The van der Waals surface area contributed by atoms with E-state index in [1.165, 1.54) is 38.5 Å². The van der Waals surface area contributed by atoms with Crippen molar-refractivity contribution in [2.24, 2.45) is 35.5 Å². The predicted octanol–water partition coefficient (Wildman–Crippen LogP) is 3.00. The lowest BCUT2D eigenvalue weighted by Gasteiger charge is -2.33. The largest absolute Gasteiger partial charge is 0.393 e. The van der Waals surface area contributed by atoms with Gasteiger partial charge in [-0.1, -0.05) is 18.6 Å². The van der Waals surface area contributed by atoms with Crippen LogP contribution in [-0.2, 0) is 0 Å². The Balaban J connectivity index is 1.50. The third-order valence-electron chi connectivity index (χ3n) is 6.00. The quantitative estimate of drug-likeness (QED) is 0.706. The average molecular weight is 218 g/mol. The molecular formula is C15H22O. The Morgan fingerprint density at radius 3 is 2.44 bits per heavy atom. The van der Waals surface area contributed by atoms with Gasteiger partial charge in [0.25, 0.3) is 0 Å². The molecule has 4 rings (SSSR count). The Morgan fingerprint density at radius 1 is 0.938 bits per heavy atom. The van der Waals surface area contributed by atoms with E-state index in [2.05, 4.69) is 12.2 Å². The van der Waals surface area contributed by atoms with Crippen LogP contribution in [0.4, 0.5) is 0 Å². The fourth-order valence-electron chi connectivity index (χ4n) is 5.25. The van der Waals surface area contributed by atoms with E-state index in [0.29, 0.717) is 11.8 Å². The minimum atomic E-state index is 0.0234. The number of allylic oxidation sites excluding steroid dienone is 2. The molecule has 7 atom stereocenters. The second-order valence-electron chi connectivity index (χ2n) is 6.77. The van der Waals surface area contributed by atoms with Crippen LogP contribution in [0.25, 0.3) is 0 Å². The molecule has 1 nitrogen and oxygen atoms in total. The van der Waals surface area contributed by atoms with Crippen LogP contribution >= 0.6 is 0 Å². The summed E-state index contributed by atoms with van der Waals surface area (Å²) in [5.74, 6) is 4.65. The van der Waals surface area contributed by atoms with Gasteiger partial charge in [-0.3, -0.25) is 0 Å². The van der Waals surface area contributed by atoms with Crippen molar-refractivity contribution in [3.8, 4) is 0 Å². The first-order valence-corrected chi connectivity index (χ1v) is 7.17. The van der Waals surface area contributed by atoms with E-state index in [4.69, 9.17) is 0 Å².